The number of aromatic nitrogens is 4. The molecule has 0 bridgehead atoms. The molecule has 2 amide bonds. The van der Waals surface area contributed by atoms with Crippen LogP contribution in [0.5, 0.6) is 0 Å². The van der Waals surface area contributed by atoms with Crippen LogP contribution < -0.4 is 10.2 Å². The highest BCUT2D eigenvalue weighted by Crippen LogP contribution is 2.26. The topological polar surface area (TPSA) is 106 Å². The van der Waals surface area contributed by atoms with Crippen molar-refractivity contribution < 1.29 is 14.0 Å². The van der Waals surface area contributed by atoms with Crippen LogP contribution in [0, 0.1) is 20.8 Å². The van der Waals surface area contributed by atoms with Crippen LogP contribution >= 0.6 is 0 Å². The molecular weight excluding hydrogens is 420 g/mol. The van der Waals surface area contributed by atoms with Gasteiger partial charge in [-0.3, -0.25) is 14.5 Å². The normalized spacial score (nSPS) is 12.5. The van der Waals surface area contributed by atoms with Crippen LogP contribution in [0.15, 0.2) is 34.7 Å². The van der Waals surface area contributed by atoms with Crippen molar-refractivity contribution in [3.63, 3.8) is 0 Å². The zero-order valence-electron chi connectivity index (χ0n) is 20.3. The monoisotopic (exact) mass is 452 g/mol. The van der Waals surface area contributed by atoms with Gasteiger partial charge in [-0.25, -0.2) is 0 Å². The lowest BCUT2D eigenvalue weighted by Gasteiger charge is -2.33. The van der Waals surface area contributed by atoms with Gasteiger partial charge in [0.25, 0.3) is 5.91 Å². The Morgan fingerprint density at radius 2 is 1.88 bits per heavy atom. The third kappa shape index (κ3) is 5.85. The maximum atomic E-state index is 13.6. The average Bonchev–Trinajstić information content (AvgIpc) is 3.34. The van der Waals surface area contributed by atoms with Crippen LogP contribution in [0.3, 0.4) is 0 Å². The third-order valence-corrected chi connectivity index (χ3v) is 5.07. The number of benzene rings is 1. The predicted octanol–water partition coefficient (Wildman–Crippen LogP) is 3.58. The molecule has 0 saturated heterocycles. The first-order valence-corrected chi connectivity index (χ1v) is 11.0. The number of tetrazole rings is 1. The number of aryl methyl sites for hydroxylation is 3. The maximum Gasteiger partial charge on any atom is 0.251 e. The van der Waals surface area contributed by atoms with Crippen molar-refractivity contribution in [1.82, 2.24) is 25.5 Å². The lowest BCUT2D eigenvalue weighted by Crippen LogP contribution is -2.54. The van der Waals surface area contributed by atoms with Crippen LogP contribution in [0.1, 0.15) is 51.0 Å². The van der Waals surface area contributed by atoms with E-state index >= 15 is 0 Å². The van der Waals surface area contributed by atoms with E-state index in [9.17, 15) is 9.59 Å². The minimum absolute atomic E-state index is 0.167. The Morgan fingerprint density at radius 1 is 1.15 bits per heavy atom. The number of hydrogen-bond acceptors (Lipinski definition) is 6. The lowest BCUT2D eigenvalue weighted by molar-refractivity contribution is -0.128. The van der Waals surface area contributed by atoms with Gasteiger partial charge in [0.1, 0.15) is 18.3 Å². The van der Waals surface area contributed by atoms with Gasteiger partial charge in [0, 0.05) is 11.2 Å². The molecule has 9 nitrogen and oxygen atoms in total. The molecule has 2 aromatic heterocycles. The van der Waals surface area contributed by atoms with Gasteiger partial charge in [-0.2, -0.15) is 4.80 Å². The minimum Gasteiger partial charge on any atom is -0.458 e. The summed E-state index contributed by atoms with van der Waals surface area (Å²) >= 11 is 0. The Balaban J connectivity index is 1.93. The number of furan rings is 1. The standard InChI is InChI=1S/C24H32N6O3/c1-8-18(23(32)25-24(5,6)7)30(19-11-9-15(2)13-16(19)3)21(31)14-29-27-22(26-28-29)20-12-10-17(4)33-20/h9-13,18H,8,14H2,1-7H3,(H,25,32)/t18-/m1/s1. The molecule has 0 spiro atoms. The number of anilines is 1. The van der Waals surface area contributed by atoms with Gasteiger partial charge < -0.3 is 9.73 Å². The highest BCUT2D eigenvalue weighted by atomic mass is 16.3. The van der Waals surface area contributed by atoms with Crippen molar-refractivity contribution in [3.05, 3.63) is 47.2 Å². The molecule has 1 N–H and O–H groups in total. The van der Waals surface area contributed by atoms with Gasteiger partial charge in [0.05, 0.1) is 0 Å². The first-order chi connectivity index (χ1) is 15.5. The van der Waals surface area contributed by atoms with E-state index in [2.05, 4.69) is 20.7 Å². The van der Waals surface area contributed by atoms with Crippen LogP contribution in [0.25, 0.3) is 11.6 Å². The quantitative estimate of drug-likeness (QED) is 0.587. The predicted molar refractivity (Wildman–Crippen MR) is 126 cm³/mol. The molecule has 0 radical (unpaired) electrons. The second-order valence-electron chi connectivity index (χ2n) is 9.27. The van der Waals surface area contributed by atoms with Gasteiger partial charge >= 0.3 is 0 Å². The van der Waals surface area contributed by atoms with E-state index in [4.69, 9.17) is 4.42 Å². The number of carbonyl (C=O) groups excluding carboxylic acids is 2. The van der Waals surface area contributed by atoms with Crippen molar-refractivity contribution in [3.8, 4) is 11.6 Å². The van der Waals surface area contributed by atoms with Gasteiger partial charge in [-0.15, -0.1) is 10.2 Å². The first kappa shape index (κ1) is 24.2. The fourth-order valence-electron chi connectivity index (χ4n) is 3.65. The van der Waals surface area contributed by atoms with E-state index in [-0.39, 0.29) is 18.4 Å². The molecule has 2 heterocycles. The average molecular weight is 453 g/mol. The van der Waals surface area contributed by atoms with Crippen molar-refractivity contribution in [2.75, 3.05) is 4.90 Å². The number of nitrogens with zero attached hydrogens (tertiary/aromatic N) is 5. The molecule has 0 unspecified atom stereocenters. The van der Waals surface area contributed by atoms with E-state index in [1.165, 1.54) is 4.80 Å². The van der Waals surface area contributed by atoms with Crippen molar-refractivity contribution in [2.24, 2.45) is 0 Å². The Bertz CT molecular complexity index is 1140. The molecular formula is C24H32N6O3. The Morgan fingerprint density at radius 3 is 2.45 bits per heavy atom. The van der Waals surface area contributed by atoms with Gasteiger partial charge in [-0.05, 0) is 76.9 Å². The zero-order valence-corrected chi connectivity index (χ0v) is 20.3. The summed E-state index contributed by atoms with van der Waals surface area (Å²) in [6.07, 6.45) is 0.447. The molecule has 0 saturated carbocycles. The summed E-state index contributed by atoms with van der Waals surface area (Å²) in [5.74, 6) is 0.989. The number of hydrogen-bond donors (Lipinski definition) is 1. The van der Waals surface area contributed by atoms with Crippen LogP contribution in [0.2, 0.25) is 0 Å². The van der Waals surface area contributed by atoms with E-state index in [1.54, 1.807) is 11.0 Å². The summed E-state index contributed by atoms with van der Waals surface area (Å²) in [6.45, 7) is 13.2. The van der Waals surface area contributed by atoms with Crippen LogP contribution in [-0.2, 0) is 16.1 Å². The summed E-state index contributed by atoms with van der Waals surface area (Å²) < 4.78 is 5.54. The summed E-state index contributed by atoms with van der Waals surface area (Å²) in [5, 5.41) is 15.3. The fraction of sp³-hybridized carbons (Fsp3) is 0.458. The summed E-state index contributed by atoms with van der Waals surface area (Å²) in [4.78, 5) is 29.5. The summed E-state index contributed by atoms with van der Waals surface area (Å²) in [7, 11) is 0. The van der Waals surface area contributed by atoms with Gasteiger partial charge in [-0.1, -0.05) is 24.6 Å². The minimum atomic E-state index is -0.686. The number of rotatable bonds is 7. The Kier molecular flexibility index (Phi) is 7.00. The first-order valence-electron chi connectivity index (χ1n) is 11.0. The van der Waals surface area contributed by atoms with E-state index in [1.807, 2.05) is 72.7 Å². The molecule has 176 valence electrons. The molecule has 33 heavy (non-hydrogen) atoms. The Labute approximate surface area is 194 Å². The maximum absolute atomic E-state index is 13.6. The molecule has 3 aromatic rings. The number of nitrogens with one attached hydrogen (secondary N) is 1. The number of carbonyl (C=O) groups is 2. The van der Waals surface area contributed by atoms with Crippen molar-refractivity contribution in [1.29, 1.82) is 0 Å². The smallest absolute Gasteiger partial charge is 0.251 e. The second kappa shape index (κ2) is 9.56. The summed E-state index contributed by atoms with van der Waals surface area (Å²) in [5.41, 5.74) is 2.24. The summed E-state index contributed by atoms with van der Waals surface area (Å²) in [6, 6.07) is 8.68. The lowest BCUT2D eigenvalue weighted by atomic mass is 10.0. The highest BCUT2D eigenvalue weighted by molar-refractivity contribution is 6.01. The van der Waals surface area contributed by atoms with E-state index < -0.39 is 11.6 Å². The molecule has 0 aliphatic heterocycles. The van der Waals surface area contributed by atoms with E-state index in [0.717, 1.165) is 16.9 Å². The van der Waals surface area contributed by atoms with Crippen LogP contribution in [0.4, 0.5) is 5.69 Å². The van der Waals surface area contributed by atoms with E-state index in [0.29, 0.717) is 23.7 Å². The fourth-order valence-corrected chi connectivity index (χ4v) is 3.65. The largest absolute Gasteiger partial charge is 0.458 e. The molecule has 9 heteroatoms. The molecule has 0 aliphatic rings. The van der Waals surface area contributed by atoms with Gasteiger partial charge in [0.15, 0.2) is 5.76 Å². The van der Waals surface area contributed by atoms with Gasteiger partial charge in [0.2, 0.25) is 11.7 Å². The highest BCUT2D eigenvalue weighted by Gasteiger charge is 2.33. The molecule has 1 atom stereocenters. The SMILES string of the molecule is CC[C@H](C(=O)NC(C)(C)C)N(C(=O)Cn1nnc(-c2ccc(C)o2)n1)c1ccc(C)cc1C. The Hall–Kier alpha value is -3.49. The number of amides is 2. The molecule has 3 rings (SSSR count). The third-order valence-electron chi connectivity index (χ3n) is 5.07. The molecule has 0 fully saturated rings. The van der Waals surface area contributed by atoms with Crippen LogP contribution in [-0.4, -0.2) is 43.6 Å². The van der Waals surface area contributed by atoms with Crippen molar-refractivity contribution in [2.45, 2.75) is 73.0 Å². The molecule has 0 aliphatic carbocycles. The molecule has 1 aromatic carbocycles. The second-order valence-corrected chi connectivity index (χ2v) is 9.27. The van der Waals surface area contributed by atoms with Crippen molar-refractivity contribution >= 4 is 17.5 Å². The zero-order chi connectivity index (χ0) is 24.3.